The van der Waals surface area contributed by atoms with Crippen molar-refractivity contribution in [1.82, 2.24) is 10.0 Å². The monoisotopic (exact) mass is 471 g/mol. The molecule has 0 aliphatic rings. The number of carbonyl (C=O) groups is 1. The summed E-state index contributed by atoms with van der Waals surface area (Å²) in [5.41, 5.74) is 0.783. The predicted molar refractivity (Wildman–Crippen MR) is 118 cm³/mol. The molecule has 0 fully saturated rings. The van der Waals surface area contributed by atoms with Crippen LogP contribution in [-0.4, -0.2) is 33.7 Å². The molecule has 162 valence electrons. The van der Waals surface area contributed by atoms with E-state index in [0.717, 1.165) is 19.3 Å². The summed E-state index contributed by atoms with van der Waals surface area (Å²) < 4.78 is 29.6. The minimum atomic E-state index is -3.69. The van der Waals surface area contributed by atoms with Crippen molar-refractivity contribution in [3.05, 3.63) is 63.1 Å². The Kier molecular flexibility index (Phi) is 10.6. The Labute approximate surface area is 187 Å². The second kappa shape index (κ2) is 12.4. The summed E-state index contributed by atoms with van der Waals surface area (Å²) in [7, 11) is -3.69. The molecule has 0 atom stereocenters. The maximum atomic E-state index is 11.8. The third-order valence-corrected chi connectivity index (χ3v) is 4.85. The molecule has 0 saturated carbocycles. The van der Waals surface area contributed by atoms with Gasteiger partial charge in [-0.15, -0.1) is 0 Å². The normalized spacial score (nSPS) is 10.4. The molecule has 2 aromatic carbocycles. The van der Waals surface area contributed by atoms with Crippen LogP contribution in [0.2, 0.25) is 10.0 Å². The minimum Gasteiger partial charge on any atom is -0.489 e. The predicted octanol–water partition coefficient (Wildman–Crippen LogP) is 3.75. The zero-order chi connectivity index (χ0) is 22.7. The third kappa shape index (κ3) is 9.01. The molecule has 0 aliphatic carbocycles. The number of ether oxygens (including phenoxy) is 1. The van der Waals surface area contributed by atoms with Gasteiger partial charge in [0, 0.05) is 17.2 Å². The van der Waals surface area contributed by atoms with Crippen molar-refractivity contribution >= 4 is 39.1 Å². The van der Waals surface area contributed by atoms with E-state index in [0.29, 0.717) is 21.4 Å². The van der Waals surface area contributed by atoms with Gasteiger partial charge in [0.05, 0.1) is 27.9 Å². The summed E-state index contributed by atoms with van der Waals surface area (Å²) in [6.07, 6.45) is 0.871. The number of rotatable bonds is 7. The van der Waals surface area contributed by atoms with Crippen LogP contribution in [0.3, 0.4) is 0 Å². The number of halogens is 2. The van der Waals surface area contributed by atoms with Crippen molar-refractivity contribution in [3.63, 3.8) is 0 Å². The zero-order valence-corrected chi connectivity index (χ0v) is 19.2. The van der Waals surface area contributed by atoms with Gasteiger partial charge in [-0.1, -0.05) is 43.1 Å². The Morgan fingerprint density at radius 2 is 1.77 bits per heavy atom. The molecule has 0 heterocycles. The third-order valence-electron chi connectivity index (χ3n) is 3.56. The minimum absolute atomic E-state index is 0.0558. The summed E-state index contributed by atoms with van der Waals surface area (Å²) in [5.74, 6) is -0.340. The number of hydrogen-bond acceptors (Lipinski definition) is 6. The van der Waals surface area contributed by atoms with E-state index in [-0.39, 0.29) is 17.7 Å². The molecule has 2 N–H and O–H groups in total. The van der Waals surface area contributed by atoms with Crippen LogP contribution in [0.15, 0.2) is 36.4 Å². The molecule has 30 heavy (non-hydrogen) atoms. The summed E-state index contributed by atoms with van der Waals surface area (Å²) in [6.45, 7) is 6.45. The van der Waals surface area contributed by atoms with Crippen LogP contribution < -0.4 is 14.8 Å². The first-order valence-corrected chi connectivity index (χ1v) is 11.6. The molecular formula is C20H23Cl2N3O4S. The molecule has 0 aromatic heterocycles. The molecule has 0 saturated heterocycles. The van der Waals surface area contributed by atoms with Gasteiger partial charge in [-0.05, 0) is 37.4 Å². The van der Waals surface area contributed by atoms with Crippen molar-refractivity contribution < 1.29 is 17.9 Å². The second-order valence-corrected chi connectivity index (χ2v) is 8.57. The van der Waals surface area contributed by atoms with E-state index in [4.69, 9.17) is 27.9 Å². The molecule has 2 rings (SSSR count). The zero-order valence-electron chi connectivity index (χ0n) is 16.8. The largest absolute Gasteiger partial charge is 0.489 e. The summed E-state index contributed by atoms with van der Waals surface area (Å²) in [5, 5.41) is 13.1. The van der Waals surface area contributed by atoms with Gasteiger partial charge in [0.1, 0.15) is 12.4 Å². The van der Waals surface area contributed by atoms with E-state index in [1.807, 2.05) is 10.8 Å². The van der Waals surface area contributed by atoms with Crippen molar-refractivity contribution in [3.8, 4) is 11.8 Å². The standard InChI is InChI=1S/C16H12Cl2N2O4S.C4H11N/c1-25(22,23)20-16(21)10-2-3-11(12(6-10)8-19)9-24-13-4-5-14(17)15(18)7-13;1-3-5-4-2/h2-7H,9H2,1H3,(H,20,21);5H,3-4H2,1-2H3. The number of sulfonamides is 1. The lowest BCUT2D eigenvalue weighted by Crippen LogP contribution is -2.29. The van der Waals surface area contributed by atoms with Crippen molar-refractivity contribution in [2.75, 3.05) is 19.3 Å². The van der Waals surface area contributed by atoms with E-state index in [2.05, 4.69) is 19.2 Å². The van der Waals surface area contributed by atoms with Crippen LogP contribution in [0.5, 0.6) is 5.75 Å². The Bertz CT molecular complexity index is 1020. The van der Waals surface area contributed by atoms with Crippen LogP contribution >= 0.6 is 23.2 Å². The van der Waals surface area contributed by atoms with E-state index in [1.165, 1.54) is 18.2 Å². The molecule has 0 bridgehead atoms. The highest BCUT2D eigenvalue weighted by molar-refractivity contribution is 7.89. The Morgan fingerprint density at radius 3 is 2.27 bits per heavy atom. The van der Waals surface area contributed by atoms with E-state index < -0.39 is 15.9 Å². The Morgan fingerprint density at radius 1 is 1.10 bits per heavy atom. The Balaban J connectivity index is 0.000000804. The number of nitrogens with zero attached hydrogens (tertiary/aromatic N) is 1. The van der Waals surface area contributed by atoms with Crippen LogP contribution in [-0.2, 0) is 16.6 Å². The number of carbonyl (C=O) groups excluding carboxylic acids is 1. The lowest BCUT2D eigenvalue weighted by Gasteiger charge is -2.10. The molecule has 0 radical (unpaired) electrons. The fraction of sp³-hybridized carbons (Fsp3) is 0.300. The quantitative estimate of drug-likeness (QED) is 0.636. The highest BCUT2D eigenvalue weighted by Gasteiger charge is 2.14. The molecular weight excluding hydrogens is 449 g/mol. The van der Waals surface area contributed by atoms with Gasteiger partial charge in [-0.25, -0.2) is 13.1 Å². The van der Waals surface area contributed by atoms with Crippen molar-refractivity contribution in [2.24, 2.45) is 0 Å². The smallest absolute Gasteiger partial charge is 0.264 e. The lowest BCUT2D eigenvalue weighted by molar-refractivity contribution is 0.0981. The average Bonchev–Trinajstić information content (AvgIpc) is 2.68. The molecule has 0 unspecified atom stereocenters. The molecule has 0 spiro atoms. The number of benzene rings is 2. The first-order chi connectivity index (χ1) is 14.1. The van der Waals surface area contributed by atoms with E-state index in [1.54, 1.807) is 18.2 Å². The number of hydrogen-bond donors (Lipinski definition) is 2. The summed E-state index contributed by atoms with van der Waals surface area (Å²) >= 11 is 11.7. The highest BCUT2D eigenvalue weighted by Crippen LogP contribution is 2.27. The lowest BCUT2D eigenvalue weighted by atomic mass is 10.1. The fourth-order valence-corrected chi connectivity index (χ4v) is 2.90. The molecule has 2 aromatic rings. The molecule has 0 aliphatic heterocycles. The maximum Gasteiger partial charge on any atom is 0.264 e. The van der Waals surface area contributed by atoms with Gasteiger partial charge in [0.2, 0.25) is 10.0 Å². The van der Waals surface area contributed by atoms with Gasteiger partial charge in [-0.2, -0.15) is 5.26 Å². The van der Waals surface area contributed by atoms with Gasteiger partial charge >= 0.3 is 0 Å². The van der Waals surface area contributed by atoms with Crippen LogP contribution in [0.1, 0.15) is 35.3 Å². The van der Waals surface area contributed by atoms with E-state index in [9.17, 15) is 18.5 Å². The average molecular weight is 472 g/mol. The first kappa shape index (κ1) is 25.7. The number of nitrogens with one attached hydrogen (secondary N) is 2. The number of nitriles is 1. The van der Waals surface area contributed by atoms with Crippen molar-refractivity contribution in [2.45, 2.75) is 20.5 Å². The molecule has 10 heteroatoms. The van der Waals surface area contributed by atoms with Crippen LogP contribution in [0.25, 0.3) is 0 Å². The number of amides is 1. The van der Waals surface area contributed by atoms with Crippen molar-refractivity contribution in [1.29, 1.82) is 5.26 Å². The van der Waals surface area contributed by atoms with Gasteiger partial charge < -0.3 is 10.1 Å². The van der Waals surface area contributed by atoms with Crippen LogP contribution in [0.4, 0.5) is 0 Å². The maximum absolute atomic E-state index is 11.8. The fourth-order valence-electron chi connectivity index (χ4n) is 2.15. The molecule has 1 amide bonds. The Hall–Kier alpha value is -2.31. The summed E-state index contributed by atoms with van der Waals surface area (Å²) in [6, 6.07) is 11.0. The first-order valence-electron chi connectivity index (χ1n) is 8.95. The topological polar surface area (TPSA) is 108 Å². The second-order valence-electron chi connectivity index (χ2n) is 6.01. The highest BCUT2D eigenvalue weighted by atomic mass is 35.5. The van der Waals surface area contributed by atoms with Gasteiger partial charge in [0.25, 0.3) is 5.91 Å². The van der Waals surface area contributed by atoms with E-state index >= 15 is 0 Å². The van der Waals surface area contributed by atoms with Gasteiger partial charge in [-0.3, -0.25) is 4.79 Å². The molecule has 7 nitrogen and oxygen atoms in total. The van der Waals surface area contributed by atoms with Gasteiger partial charge in [0.15, 0.2) is 0 Å². The van der Waals surface area contributed by atoms with Crippen LogP contribution in [0, 0.1) is 11.3 Å². The summed E-state index contributed by atoms with van der Waals surface area (Å²) in [4.78, 5) is 11.8. The SMILES string of the molecule is CCNCC.CS(=O)(=O)NC(=O)c1ccc(COc2ccc(Cl)c(Cl)c2)c(C#N)c1.